The van der Waals surface area contributed by atoms with Gasteiger partial charge in [-0.15, -0.1) is 0 Å². The minimum atomic E-state index is -0.537. The van der Waals surface area contributed by atoms with Crippen molar-refractivity contribution < 1.29 is 14.6 Å². The number of hydrogen-bond acceptors (Lipinski definition) is 5. The molecule has 2 rings (SSSR count). The molecule has 0 spiro atoms. The van der Waals surface area contributed by atoms with Crippen LogP contribution in [0.5, 0.6) is 11.5 Å². The highest BCUT2D eigenvalue weighted by Gasteiger charge is 2.26. The molecule has 2 unspecified atom stereocenters. The molecule has 0 aliphatic carbocycles. The molecular weight excluding hydrogens is 268 g/mol. The molecule has 1 aromatic rings. The third-order valence-corrected chi connectivity index (χ3v) is 4.28. The lowest BCUT2D eigenvalue weighted by Gasteiger charge is -2.38. The van der Waals surface area contributed by atoms with Gasteiger partial charge < -0.3 is 24.4 Å². The summed E-state index contributed by atoms with van der Waals surface area (Å²) >= 11 is 0. The molecular formula is C16H26N2O3. The van der Waals surface area contributed by atoms with E-state index in [1.165, 1.54) is 0 Å². The number of rotatable bonds is 5. The Labute approximate surface area is 127 Å². The largest absolute Gasteiger partial charge is 0.497 e. The first-order valence-electron chi connectivity index (χ1n) is 7.34. The summed E-state index contributed by atoms with van der Waals surface area (Å²) in [4.78, 5) is 4.63. The molecule has 1 aromatic carbocycles. The van der Waals surface area contributed by atoms with Crippen LogP contribution in [0.15, 0.2) is 18.2 Å². The molecule has 0 bridgehead atoms. The summed E-state index contributed by atoms with van der Waals surface area (Å²) in [5, 5.41) is 10.6. The lowest BCUT2D eigenvalue weighted by Crippen LogP contribution is -2.50. The van der Waals surface area contributed by atoms with Crippen LogP contribution in [0.1, 0.15) is 18.1 Å². The molecule has 1 saturated heterocycles. The van der Waals surface area contributed by atoms with Gasteiger partial charge in [0.1, 0.15) is 11.5 Å². The van der Waals surface area contributed by atoms with Crippen molar-refractivity contribution >= 4 is 0 Å². The first-order valence-corrected chi connectivity index (χ1v) is 7.34. The minimum Gasteiger partial charge on any atom is -0.497 e. The maximum absolute atomic E-state index is 10.6. The van der Waals surface area contributed by atoms with Crippen LogP contribution in [0.25, 0.3) is 0 Å². The normalized spacial score (nSPS) is 22.0. The fourth-order valence-electron chi connectivity index (χ4n) is 2.83. The summed E-state index contributed by atoms with van der Waals surface area (Å²) in [5.41, 5.74) is 0.819. The van der Waals surface area contributed by atoms with Crippen LogP contribution in [0, 0.1) is 0 Å². The average Bonchev–Trinajstić information content (AvgIpc) is 2.50. The number of benzene rings is 1. The van der Waals surface area contributed by atoms with E-state index in [4.69, 9.17) is 9.47 Å². The molecule has 2 atom stereocenters. The molecule has 5 heteroatoms. The van der Waals surface area contributed by atoms with Gasteiger partial charge >= 0.3 is 0 Å². The number of methoxy groups -OCH3 is 2. The van der Waals surface area contributed by atoms with E-state index in [0.29, 0.717) is 18.2 Å². The molecule has 21 heavy (non-hydrogen) atoms. The Hall–Kier alpha value is -1.30. The highest BCUT2D eigenvalue weighted by molar-refractivity contribution is 5.42. The zero-order valence-corrected chi connectivity index (χ0v) is 13.4. The lowest BCUT2D eigenvalue weighted by atomic mass is 9.98. The molecule has 0 aromatic heterocycles. The van der Waals surface area contributed by atoms with Gasteiger partial charge in [-0.05, 0) is 32.6 Å². The van der Waals surface area contributed by atoms with Crippen LogP contribution in [-0.4, -0.2) is 68.9 Å². The number of aliphatic hydroxyl groups excluding tert-OH is 1. The van der Waals surface area contributed by atoms with E-state index in [9.17, 15) is 5.11 Å². The van der Waals surface area contributed by atoms with Crippen molar-refractivity contribution in [1.29, 1.82) is 0 Å². The topological polar surface area (TPSA) is 45.2 Å². The predicted octanol–water partition coefficient (Wildman–Crippen LogP) is 1.37. The number of nitrogens with zero attached hydrogens (tertiary/aromatic N) is 2. The number of hydrogen-bond donors (Lipinski definition) is 1. The Kier molecular flexibility index (Phi) is 5.45. The minimum absolute atomic E-state index is 0.352. The van der Waals surface area contributed by atoms with Crippen molar-refractivity contribution in [2.75, 3.05) is 47.9 Å². The molecule has 1 aliphatic rings. The predicted molar refractivity (Wildman–Crippen MR) is 83.0 cm³/mol. The Morgan fingerprint density at radius 2 is 2.00 bits per heavy atom. The summed E-state index contributed by atoms with van der Waals surface area (Å²) < 4.78 is 10.6. The first kappa shape index (κ1) is 16.1. The lowest BCUT2D eigenvalue weighted by molar-refractivity contribution is 0.0625. The van der Waals surface area contributed by atoms with Gasteiger partial charge in [-0.2, -0.15) is 0 Å². The molecule has 0 amide bonds. The van der Waals surface area contributed by atoms with Crippen molar-refractivity contribution in [1.82, 2.24) is 9.80 Å². The van der Waals surface area contributed by atoms with Gasteiger partial charge in [-0.25, -0.2) is 0 Å². The molecule has 1 aliphatic heterocycles. The molecule has 118 valence electrons. The molecule has 0 saturated carbocycles. The monoisotopic (exact) mass is 294 g/mol. The summed E-state index contributed by atoms with van der Waals surface area (Å²) in [6.45, 7) is 3.09. The van der Waals surface area contributed by atoms with E-state index in [0.717, 1.165) is 30.9 Å². The van der Waals surface area contributed by atoms with Crippen LogP contribution >= 0.6 is 0 Å². The summed E-state index contributed by atoms with van der Waals surface area (Å²) in [7, 11) is 7.49. The molecule has 1 N–H and O–H groups in total. The number of aliphatic hydroxyl groups is 1. The zero-order valence-electron chi connectivity index (χ0n) is 13.4. The number of ether oxygens (including phenoxy) is 2. The maximum atomic E-state index is 10.6. The van der Waals surface area contributed by atoms with Gasteiger partial charge in [0.15, 0.2) is 0 Å². The van der Waals surface area contributed by atoms with Gasteiger partial charge in [0.25, 0.3) is 0 Å². The van der Waals surface area contributed by atoms with Crippen molar-refractivity contribution in [3.63, 3.8) is 0 Å². The van der Waals surface area contributed by atoms with Crippen LogP contribution in [0.4, 0.5) is 0 Å². The Morgan fingerprint density at radius 3 is 2.67 bits per heavy atom. The maximum Gasteiger partial charge on any atom is 0.128 e. The van der Waals surface area contributed by atoms with Crippen LogP contribution in [0.2, 0.25) is 0 Å². The average molecular weight is 294 g/mol. The third kappa shape index (κ3) is 3.87. The van der Waals surface area contributed by atoms with Crippen molar-refractivity contribution in [3.8, 4) is 11.5 Å². The highest BCUT2D eigenvalue weighted by atomic mass is 16.5. The van der Waals surface area contributed by atoms with Gasteiger partial charge in [0.2, 0.25) is 0 Å². The van der Waals surface area contributed by atoms with Crippen molar-refractivity contribution in [2.24, 2.45) is 0 Å². The summed E-state index contributed by atoms with van der Waals surface area (Å²) in [6, 6.07) is 5.91. The van der Waals surface area contributed by atoms with Crippen LogP contribution in [0.3, 0.4) is 0 Å². The van der Waals surface area contributed by atoms with E-state index in [1.807, 2.05) is 18.2 Å². The number of piperazine rings is 1. The van der Waals surface area contributed by atoms with Crippen LogP contribution in [-0.2, 0) is 0 Å². The highest BCUT2D eigenvalue weighted by Crippen LogP contribution is 2.32. The number of likely N-dealkylation sites (N-methyl/N-ethyl adjacent to an activating group) is 2. The van der Waals surface area contributed by atoms with E-state index in [2.05, 4.69) is 23.9 Å². The molecule has 5 nitrogen and oxygen atoms in total. The van der Waals surface area contributed by atoms with Gasteiger partial charge in [0.05, 0.1) is 20.3 Å². The van der Waals surface area contributed by atoms with E-state index >= 15 is 0 Å². The second-order valence-electron chi connectivity index (χ2n) is 5.76. The van der Waals surface area contributed by atoms with Gasteiger partial charge in [-0.1, -0.05) is 0 Å². The molecule has 1 fully saturated rings. The quantitative estimate of drug-likeness (QED) is 0.889. The van der Waals surface area contributed by atoms with E-state index in [-0.39, 0.29) is 0 Å². The van der Waals surface area contributed by atoms with E-state index < -0.39 is 6.10 Å². The van der Waals surface area contributed by atoms with Gasteiger partial charge in [-0.3, -0.25) is 0 Å². The zero-order chi connectivity index (χ0) is 15.4. The Morgan fingerprint density at radius 1 is 1.24 bits per heavy atom. The second-order valence-corrected chi connectivity index (χ2v) is 5.76. The smallest absolute Gasteiger partial charge is 0.128 e. The summed E-state index contributed by atoms with van der Waals surface area (Å²) in [5.74, 6) is 1.41. The standard InChI is InChI=1S/C16H26N2O3/c1-17-7-8-18(2)12(11-17)9-15(19)14-6-5-13(20-3)10-16(14)21-4/h5-6,10,12,15,19H,7-9,11H2,1-4H3. The SMILES string of the molecule is COc1ccc(C(O)CC2CN(C)CCN2C)c(OC)c1. The van der Waals surface area contributed by atoms with Crippen LogP contribution < -0.4 is 9.47 Å². The van der Waals surface area contributed by atoms with Crippen molar-refractivity contribution in [3.05, 3.63) is 23.8 Å². The second kappa shape index (κ2) is 7.11. The Bertz CT molecular complexity index is 467. The van der Waals surface area contributed by atoms with Gasteiger partial charge in [0, 0.05) is 37.3 Å². The van der Waals surface area contributed by atoms with E-state index in [1.54, 1.807) is 14.2 Å². The van der Waals surface area contributed by atoms with Crippen molar-refractivity contribution in [2.45, 2.75) is 18.6 Å². The fraction of sp³-hybridized carbons (Fsp3) is 0.625. The summed E-state index contributed by atoms with van der Waals surface area (Å²) in [6.07, 6.45) is 0.161. The first-order chi connectivity index (χ1) is 10.0. The molecule has 0 radical (unpaired) electrons. The molecule has 1 heterocycles. The third-order valence-electron chi connectivity index (χ3n) is 4.28. The Balaban J connectivity index is 2.10. The fourth-order valence-corrected chi connectivity index (χ4v) is 2.83.